The molecule has 1 heterocycles. The molecule has 1 aromatic heterocycles. The number of nitrogens with one attached hydrogen (secondary N) is 1. The highest BCUT2D eigenvalue weighted by Crippen LogP contribution is 2.26. The lowest BCUT2D eigenvalue weighted by Crippen LogP contribution is -2.30. The largest absolute Gasteiger partial charge is 0.497 e. The van der Waals surface area contributed by atoms with E-state index in [9.17, 15) is 9.59 Å². The molecule has 0 fully saturated rings. The number of hydrogen-bond acceptors (Lipinski definition) is 4. The summed E-state index contributed by atoms with van der Waals surface area (Å²) in [5.74, 6) is 0.396. The summed E-state index contributed by atoms with van der Waals surface area (Å²) in [6.45, 7) is -0.192. The minimum atomic E-state index is -0.331. The van der Waals surface area contributed by atoms with Crippen LogP contribution in [0, 0.1) is 0 Å². The monoisotopic (exact) mass is 463 g/mol. The summed E-state index contributed by atoms with van der Waals surface area (Å²) in [4.78, 5) is 25.5. The molecule has 0 aliphatic carbocycles. The third-order valence-electron chi connectivity index (χ3n) is 4.65. The van der Waals surface area contributed by atoms with Gasteiger partial charge >= 0.3 is 0 Å². The van der Waals surface area contributed by atoms with E-state index in [4.69, 9.17) is 4.74 Å². The topological polar surface area (TPSA) is 73.2 Å². The maximum atomic E-state index is 12.9. The van der Waals surface area contributed by atoms with Crippen LogP contribution in [0.4, 0.5) is 5.69 Å². The van der Waals surface area contributed by atoms with Gasteiger partial charge in [0, 0.05) is 21.1 Å². The summed E-state index contributed by atoms with van der Waals surface area (Å²) < 4.78 is 7.34. The lowest BCUT2D eigenvalue weighted by molar-refractivity contribution is -0.117. The summed E-state index contributed by atoms with van der Waals surface area (Å²) in [6.07, 6.45) is 0. The second-order valence-electron chi connectivity index (χ2n) is 6.64. The summed E-state index contributed by atoms with van der Waals surface area (Å²) >= 11 is 3.36. The lowest BCUT2D eigenvalue weighted by atomic mass is 10.0. The van der Waals surface area contributed by atoms with Crippen molar-refractivity contribution in [3.8, 4) is 17.0 Å². The molecule has 7 heteroatoms. The van der Waals surface area contributed by atoms with Crippen LogP contribution < -0.4 is 15.6 Å². The number of methoxy groups -OCH3 is 1. The van der Waals surface area contributed by atoms with Gasteiger partial charge in [-0.05, 0) is 54.6 Å². The van der Waals surface area contributed by atoms with Crippen molar-refractivity contribution in [2.24, 2.45) is 0 Å². The Hall–Kier alpha value is -3.45. The molecular weight excluding hydrogens is 446 g/mol. The number of amides is 1. The number of rotatable bonds is 5. The Morgan fingerprint density at radius 2 is 1.67 bits per heavy atom. The number of ether oxygens (including phenoxy) is 1. The van der Waals surface area contributed by atoms with Crippen molar-refractivity contribution in [2.75, 3.05) is 12.4 Å². The molecule has 0 spiro atoms. The maximum absolute atomic E-state index is 12.9. The van der Waals surface area contributed by atoms with Crippen molar-refractivity contribution < 1.29 is 9.53 Å². The van der Waals surface area contributed by atoms with Crippen molar-refractivity contribution in [2.45, 2.75) is 6.54 Å². The molecule has 0 bridgehead atoms. The fraction of sp³-hybridized carbons (Fsp3) is 0.0870. The SMILES string of the molecule is COc1ccc(-c2nn(CC(=O)Nc3ccc(Br)cc3)c(=O)c3ccccc23)cc1. The van der Waals surface area contributed by atoms with E-state index < -0.39 is 0 Å². The smallest absolute Gasteiger partial charge is 0.275 e. The van der Waals surface area contributed by atoms with Gasteiger partial charge in [-0.1, -0.05) is 34.1 Å². The van der Waals surface area contributed by atoms with Gasteiger partial charge in [0.05, 0.1) is 18.2 Å². The van der Waals surface area contributed by atoms with Crippen LogP contribution in [0.2, 0.25) is 0 Å². The molecule has 4 rings (SSSR count). The van der Waals surface area contributed by atoms with Crippen LogP contribution in [-0.2, 0) is 11.3 Å². The summed E-state index contributed by atoms with van der Waals surface area (Å²) in [5, 5.41) is 8.55. The van der Waals surface area contributed by atoms with E-state index in [2.05, 4.69) is 26.3 Å². The molecule has 150 valence electrons. The first kappa shape index (κ1) is 19.8. The Kier molecular flexibility index (Phi) is 5.63. The number of hydrogen-bond donors (Lipinski definition) is 1. The van der Waals surface area contributed by atoms with Crippen LogP contribution in [0.3, 0.4) is 0 Å². The van der Waals surface area contributed by atoms with Gasteiger partial charge in [0.25, 0.3) is 5.56 Å². The first-order chi connectivity index (χ1) is 14.5. The zero-order valence-electron chi connectivity index (χ0n) is 16.1. The first-order valence-corrected chi connectivity index (χ1v) is 10.0. The standard InChI is InChI=1S/C23H18BrN3O3/c1-30-18-12-6-15(7-13-18)22-19-4-2-3-5-20(19)23(29)27(26-22)14-21(28)25-17-10-8-16(24)9-11-17/h2-13H,14H2,1H3,(H,25,28). The second kappa shape index (κ2) is 8.51. The molecule has 0 saturated carbocycles. The van der Waals surface area contributed by atoms with Crippen molar-refractivity contribution in [1.29, 1.82) is 0 Å². The Morgan fingerprint density at radius 3 is 2.33 bits per heavy atom. The number of anilines is 1. The average molecular weight is 464 g/mol. The number of fused-ring (bicyclic) bond motifs is 1. The zero-order valence-corrected chi connectivity index (χ0v) is 17.7. The molecular formula is C23H18BrN3O3. The molecule has 0 atom stereocenters. The number of benzene rings is 3. The van der Waals surface area contributed by atoms with E-state index in [-0.39, 0.29) is 18.0 Å². The molecule has 3 aromatic carbocycles. The molecule has 1 amide bonds. The zero-order chi connectivity index (χ0) is 21.1. The van der Waals surface area contributed by atoms with Crippen LogP contribution in [-0.4, -0.2) is 22.8 Å². The fourth-order valence-corrected chi connectivity index (χ4v) is 3.44. The average Bonchev–Trinajstić information content (AvgIpc) is 2.77. The van der Waals surface area contributed by atoms with E-state index in [0.717, 1.165) is 21.2 Å². The van der Waals surface area contributed by atoms with Gasteiger partial charge in [-0.3, -0.25) is 9.59 Å². The van der Waals surface area contributed by atoms with Gasteiger partial charge in [0.1, 0.15) is 12.3 Å². The van der Waals surface area contributed by atoms with E-state index in [1.165, 1.54) is 4.68 Å². The number of halogens is 1. The Balaban J connectivity index is 1.72. The molecule has 1 N–H and O–H groups in total. The highest BCUT2D eigenvalue weighted by atomic mass is 79.9. The molecule has 0 aliphatic rings. The molecule has 4 aromatic rings. The van der Waals surface area contributed by atoms with Gasteiger partial charge < -0.3 is 10.1 Å². The molecule has 0 unspecified atom stereocenters. The van der Waals surface area contributed by atoms with Gasteiger partial charge in [0.2, 0.25) is 5.91 Å². The molecule has 6 nitrogen and oxygen atoms in total. The number of aromatic nitrogens is 2. The molecule has 0 radical (unpaired) electrons. The van der Waals surface area contributed by atoms with Gasteiger partial charge in [0.15, 0.2) is 0 Å². The summed E-state index contributed by atoms with van der Waals surface area (Å²) in [7, 11) is 1.60. The minimum Gasteiger partial charge on any atom is -0.497 e. The minimum absolute atomic E-state index is 0.192. The lowest BCUT2D eigenvalue weighted by Gasteiger charge is -2.12. The van der Waals surface area contributed by atoms with E-state index in [1.807, 2.05) is 48.5 Å². The van der Waals surface area contributed by atoms with Crippen LogP contribution in [0.15, 0.2) is 82.1 Å². The normalized spacial score (nSPS) is 10.7. The van der Waals surface area contributed by atoms with Gasteiger partial charge in [-0.15, -0.1) is 0 Å². The van der Waals surface area contributed by atoms with Crippen LogP contribution in [0.25, 0.3) is 22.0 Å². The third kappa shape index (κ3) is 4.11. The van der Waals surface area contributed by atoms with Crippen molar-refractivity contribution in [3.63, 3.8) is 0 Å². The first-order valence-electron chi connectivity index (χ1n) is 9.25. The van der Waals surface area contributed by atoms with Crippen molar-refractivity contribution in [3.05, 3.63) is 87.6 Å². The number of carbonyl (C=O) groups is 1. The Labute approximate surface area is 181 Å². The predicted octanol–water partition coefficient (Wildman–Crippen LogP) is 4.47. The summed E-state index contributed by atoms with van der Waals surface area (Å²) in [5.41, 5.74) is 1.79. The van der Waals surface area contributed by atoms with E-state index >= 15 is 0 Å². The molecule has 0 saturated heterocycles. The Bertz CT molecular complexity index is 1270. The summed E-state index contributed by atoms with van der Waals surface area (Å²) in [6, 6.07) is 21.9. The number of nitrogens with zero attached hydrogens (tertiary/aromatic N) is 2. The van der Waals surface area contributed by atoms with Crippen LogP contribution >= 0.6 is 15.9 Å². The van der Waals surface area contributed by atoms with Gasteiger partial charge in [-0.2, -0.15) is 5.10 Å². The van der Waals surface area contributed by atoms with Crippen LogP contribution in [0.1, 0.15) is 0 Å². The van der Waals surface area contributed by atoms with E-state index in [1.54, 1.807) is 31.4 Å². The van der Waals surface area contributed by atoms with Crippen molar-refractivity contribution >= 4 is 38.3 Å². The van der Waals surface area contributed by atoms with E-state index in [0.29, 0.717) is 16.8 Å². The fourth-order valence-electron chi connectivity index (χ4n) is 3.17. The highest BCUT2D eigenvalue weighted by Gasteiger charge is 2.14. The molecule has 30 heavy (non-hydrogen) atoms. The van der Waals surface area contributed by atoms with Crippen LogP contribution in [0.5, 0.6) is 5.75 Å². The quantitative estimate of drug-likeness (QED) is 0.473. The maximum Gasteiger partial charge on any atom is 0.275 e. The third-order valence-corrected chi connectivity index (χ3v) is 5.18. The number of carbonyl (C=O) groups excluding carboxylic acids is 1. The highest BCUT2D eigenvalue weighted by molar-refractivity contribution is 9.10. The predicted molar refractivity (Wildman–Crippen MR) is 121 cm³/mol. The second-order valence-corrected chi connectivity index (χ2v) is 7.56. The van der Waals surface area contributed by atoms with Crippen molar-refractivity contribution in [1.82, 2.24) is 9.78 Å². The Morgan fingerprint density at radius 1 is 1.00 bits per heavy atom. The molecule has 0 aliphatic heterocycles. The van der Waals surface area contributed by atoms with Gasteiger partial charge in [-0.25, -0.2) is 4.68 Å².